The number of nitrogens with one attached hydrogen (secondary N) is 2. The van der Waals surface area contributed by atoms with Crippen LogP contribution in [0.1, 0.15) is 6.92 Å². The SMILES string of the molecule is CCNC(NC(=O)N1CCOCC1)C(O)COc1ccc(O)cc1. The number of carbonyl (C=O) groups is 1. The van der Waals surface area contributed by atoms with Crippen LogP contribution in [0.3, 0.4) is 0 Å². The number of ether oxygens (including phenoxy) is 2. The Morgan fingerprint density at radius 1 is 1.33 bits per heavy atom. The number of urea groups is 1. The Morgan fingerprint density at radius 3 is 2.62 bits per heavy atom. The maximum absolute atomic E-state index is 12.2. The molecule has 8 heteroatoms. The number of carbonyl (C=O) groups excluding carboxylic acids is 1. The van der Waals surface area contributed by atoms with Crippen molar-refractivity contribution in [3.05, 3.63) is 24.3 Å². The predicted molar refractivity (Wildman–Crippen MR) is 88.0 cm³/mol. The largest absolute Gasteiger partial charge is 0.508 e. The minimum atomic E-state index is -0.927. The number of hydrogen-bond acceptors (Lipinski definition) is 6. The van der Waals surface area contributed by atoms with E-state index in [1.807, 2.05) is 6.92 Å². The minimum Gasteiger partial charge on any atom is -0.508 e. The molecule has 1 heterocycles. The molecule has 2 atom stereocenters. The number of phenolic OH excluding ortho intramolecular Hbond substituents is 1. The van der Waals surface area contributed by atoms with E-state index >= 15 is 0 Å². The fourth-order valence-corrected chi connectivity index (χ4v) is 2.31. The van der Waals surface area contributed by atoms with Gasteiger partial charge in [-0.15, -0.1) is 0 Å². The summed E-state index contributed by atoms with van der Waals surface area (Å²) in [7, 11) is 0. The lowest BCUT2D eigenvalue weighted by atomic mass is 10.2. The molecule has 1 aliphatic heterocycles. The van der Waals surface area contributed by atoms with Gasteiger partial charge in [0.2, 0.25) is 0 Å². The highest BCUT2D eigenvalue weighted by Gasteiger charge is 2.24. The van der Waals surface area contributed by atoms with Gasteiger partial charge in [-0.25, -0.2) is 4.79 Å². The summed E-state index contributed by atoms with van der Waals surface area (Å²) in [5.74, 6) is 0.674. The molecular formula is C16H25N3O5. The maximum Gasteiger partial charge on any atom is 0.318 e. The van der Waals surface area contributed by atoms with Gasteiger partial charge >= 0.3 is 6.03 Å². The van der Waals surface area contributed by atoms with E-state index in [9.17, 15) is 15.0 Å². The number of morpholine rings is 1. The van der Waals surface area contributed by atoms with Crippen molar-refractivity contribution in [2.24, 2.45) is 0 Å². The molecule has 1 aliphatic rings. The molecule has 0 aliphatic carbocycles. The van der Waals surface area contributed by atoms with Crippen LogP contribution in [-0.4, -0.2) is 72.9 Å². The summed E-state index contributed by atoms with van der Waals surface area (Å²) < 4.78 is 10.7. The molecule has 0 aromatic heterocycles. The van der Waals surface area contributed by atoms with E-state index in [1.54, 1.807) is 17.0 Å². The molecule has 0 radical (unpaired) electrons. The first-order valence-electron chi connectivity index (χ1n) is 8.06. The average Bonchev–Trinajstić information content (AvgIpc) is 2.61. The van der Waals surface area contributed by atoms with Crippen molar-refractivity contribution in [2.75, 3.05) is 39.5 Å². The zero-order chi connectivity index (χ0) is 17.4. The molecule has 24 heavy (non-hydrogen) atoms. The summed E-state index contributed by atoms with van der Waals surface area (Å²) >= 11 is 0. The zero-order valence-electron chi connectivity index (χ0n) is 13.8. The lowest BCUT2D eigenvalue weighted by Crippen LogP contribution is -2.58. The molecule has 2 unspecified atom stereocenters. The summed E-state index contributed by atoms with van der Waals surface area (Å²) in [6, 6.07) is 5.98. The fourth-order valence-electron chi connectivity index (χ4n) is 2.31. The van der Waals surface area contributed by atoms with Crippen molar-refractivity contribution < 1.29 is 24.5 Å². The summed E-state index contributed by atoms with van der Waals surface area (Å²) in [6.07, 6.45) is -1.55. The third-order valence-electron chi connectivity index (χ3n) is 3.64. The molecule has 1 aromatic rings. The fraction of sp³-hybridized carbons (Fsp3) is 0.562. The monoisotopic (exact) mass is 339 g/mol. The van der Waals surface area contributed by atoms with Gasteiger partial charge < -0.3 is 29.9 Å². The first-order chi connectivity index (χ1) is 11.6. The standard InChI is InChI=1S/C16H25N3O5/c1-2-17-15(18-16(22)19-7-9-23-10-8-19)14(21)11-24-13-5-3-12(20)4-6-13/h3-6,14-15,17,20-21H,2,7-11H2,1H3,(H,18,22). The van der Waals surface area contributed by atoms with E-state index in [4.69, 9.17) is 9.47 Å². The van der Waals surface area contributed by atoms with Crippen molar-refractivity contribution in [3.63, 3.8) is 0 Å². The van der Waals surface area contributed by atoms with Crippen LogP contribution in [0, 0.1) is 0 Å². The second kappa shape index (κ2) is 9.31. The van der Waals surface area contributed by atoms with Crippen molar-refractivity contribution >= 4 is 6.03 Å². The van der Waals surface area contributed by atoms with Crippen LogP contribution in [0.15, 0.2) is 24.3 Å². The van der Waals surface area contributed by atoms with Gasteiger partial charge in [0, 0.05) is 13.1 Å². The van der Waals surface area contributed by atoms with Gasteiger partial charge in [0.25, 0.3) is 0 Å². The molecule has 2 amide bonds. The van der Waals surface area contributed by atoms with Gasteiger partial charge in [-0.05, 0) is 30.8 Å². The van der Waals surface area contributed by atoms with Crippen molar-refractivity contribution in [1.82, 2.24) is 15.5 Å². The van der Waals surface area contributed by atoms with E-state index in [2.05, 4.69) is 10.6 Å². The Bertz CT molecular complexity index is 505. The van der Waals surface area contributed by atoms with Gasteiger partial charge in [-0.2, -0.15) is 0 Å². The highest BCUT2D eigenvalue weighted by molar-refractivity contribution is 5.74. The van der Waals surface area contributed by atoms with Gasteiger partial charge in [0.05, 0.1) is 13.2 Å². The van der Waals surface area contributed by atoms with Crippen LogP contribution >= 0.6 is 0 Å². The number of hydrogen-bond donors (Lipinski definition) is 4. The summed E-state index contributed by atoms with van der Waals surface area (Å²) in [6.45, 7) is 4.59. The van der Waals surface area contributed by atoms with Gasteiger partial charge in [0.1, 0.15) is 30.4 Å². The Kier molecular flexibility index (Phi) is 7.10. The highest BCUT2D eigenvalue weighted by atomic mass is 16.5. The van der Waals surface area contributed by atoms with Gasteiger partial charge in [-0.1, -0.05) is 6.92 Å². The molecule has 0 spiro atoms. The first-order valence-corrected chi connectivity index (χ1v) is 8.06. The Balaban J connectivity index is 1.85. The number of aliphatic hydroxyl groups is 1. The number of likely N-dealkylation sites (N-methyl/N-ethyl adjacent to an activating group) is 1. The molecule has 134 valence electrons. The smallest absolute Gasteiger partial charge is 0.318 e. The van der Waals surface area contributed by atoms with E-state index < -0.39 is 12.3 Å². The third-order valence-corrected chi connectivity index (χ3v) is 3.64. The molecule has 0 saturated carbocycles. The molecule has 1 fully saturated rings. The van der Waals surface area contributed by atoms with Crippen LogP contribution in [-0.2, 0) is 4.74 Å². The Hall–Kier alpha value is -2.03. The number of aliphatic hydroxyl groups excluding tert-OH is 1. The molecule has 2 rings (SSSR count). The van der Waals surface area contributed by atoms with Gasteiger partial charge in [0.15, 0.2) is 0 Å². The lowest BCUT2D eigenvalue weighted by Gasteiger charge is -2.31. The van der Waals surface area contributed by atoms with Gasteiger partial charge in [-0.3, -0.25) is 5.32 Å². The maximum atomic E-state index is 12.2. The molecular weight excluding hydrogens is 314 g/mol. The van der Waals surface area contributed by atoms with E-state index in [0.29, 0.717) is 38.6 Å². The summed E-state index contributed by atoms with van der Waals surface area (Å²) in [5.41, 5.74) is 0. The number of aromatic hydroxyl groups is 1. The van der Waals surface area contributed by atoms with Crippen LogP contribution in [0.2, 0.25) is 0 Å². The van der Waals surface area contributed by atoms with E-state index in [0.717, 1.165) is 0 Å². The highest BCUT2D eigenvalue weighted by Crippen LogP contribution is 2.16. The molecule has 8 nitrogen and oxygen atoms in total. The topological polar surface area (TPSA) is 103 Å². The number of phenols is 1. The van der Waals surface area contributed by atoms with Crippen molar-refractivity contribution in [1.29, 1.82) is 0 Å². The predicted octanol–water partition coefficient (Wildman–Crippen LogP) is 0.109. The van der Waals surface area contributed by atoms with Crippen LogP contribution < -0.4 is 15.4 Å². The quantitative estimate of drug-likeness (QED) is 0.526. The van der Waals surface area contributed by atoms with Crippen molar-refractivity contribution in [3.8, 4) is 11.5 Å². The number of nitrogens with zero attached hydrogens (tertiary/aromatic N) is 1. The van der Waals surface area contributed by atoms with E-state index in [-0.39, 0.29) is 18.4 Å². The second-order valence-electron chi connectivity index (χ2n) is 5.46. The van der Waals surface area contributed by atoms with Crippen molar-refractivity contribution in [2.45, 2.75) is 19.2 Å². The lowest BCUT2D eigenvalue weighted by molar-refractivity contribution is 0.0418. The van der Waals surface area contributed by atoms with Crippen LogP contribution in [0.25, 0.3) is 0 Å². The van der Waals surface area contributed by atoms with Crippen LogP contribution in [0.5, 0.6) is 11.5 Å². The van der Waals surface area contributed by atoms with Crippen LogP contribution in [0.4, 0.5) is 4.79 Å². The minimum absolute atomic E-state index is 0.00579. The second-order valence-corrected chi connectivity index (χ2v) is 5.46. The normalized spacial score (nSPS) is 17.2. The average molecular weight is 339 g/mol. The Morgan fingerprint density at radius 2 is 2.00 bits per heavy atom. The number of rotatable bonds is 7. The Labute approximate surface area is 141 Å². The first kappa shape index (κ1) is 18.3. The summed E-state index contributed by atoms with van der Waals surface area (Å²) in [4.78, 5) is 13.9. The van der Waals surface area contributed by atoms with E-state index in [1.165, 1.54) is 12.1 Å². The summed E-state index contributed by atoms with van der Waals surface area (Å²) in [5, 5.41) is 25.4. The molecule has 0 bridgehead atoms. The third kappa shape index (κ3) is 5.55. The number of benzene rings is 1. The molecule has 1 aromatic carbocycles. The number of amides is 2. The molecule has 1 saturated heterocycles. The molecule has 4 N–H and O–H groups in total. The zero-order valence-corrected chi connectivity index (χ0v) is 13.8.